The van der Waals surface area contributed by atoms with Gasteiger partial charge in [-0.15, -0.1) is 0 Å². The summed E-state index contributed by atoms with van der Waals surface area (Å²) < 4.78 is 0. The summed E-state index contributed by atoms with van der Waals surface area (Å²) in [6, 6.07) is 8.93. The summed E-state index contributed by atoms with van der Waals surface area (Å²) in [4.78, 5) is 41.9. The van der Waals surface area contributed by atoms with Gasteiger partial charge in [-0.2, -0.15) is 0 Å². The minimum absolute atomic E-state index is 0.0242. The van der Waals surface area contributed by atoms with Gasteiger partial charge in [0.05, 0.1) is 0 Å². The van der Waals surface area contributed by atoms with E-state index in [4.69, 9.17) is 0 Å². The Morgan fingerprint density at radius 1 is 0.935 bits per heavy atom. The molecule has 1 aromatic carbocycles. The van der Waals surface area contributed by atoms with Crippen LogP contribution < -0.4 is 10.6 Å². The summed E-state index contributed by atoms with van der Waals surface area (Å²) in [6.07, 6.45) is 6.10. The first kappa shape index (κ1) is 23.1. The van der Waals surface area contributed by atoms with Gasteiger partial charge in [0.1, 0.15) is 6.04 Å². The van der Waals surface area contributed by atoms with Crippen LogP contribution in [0.3, 0.4) is 0 Å². The van der Waals surface area contributed by atoms with Gasteiger partial charge in [-0.3, -0.25) is 9.59 Å². The normalized spacial score (nSPS) is 18.5. The fraction of sp³-hybridized carbons (Fsp3) is 0.625. The maximum absolute atomic E-state index is 13.3. The number of urea groups is 1. The number of rotatable bonds is 6. The van der Waals surface area contributed by atoms with E-state index in [0.29, 0.717) is 32.6 Å². The molecule has 170 valence electrons. The van der Waals surface area contributed by atoms with Gasteiger partial charge in [-0.1, -0.05) is 63.4 Å². The molecule has 1 heterocycles. The van der Waals surface area contributed by atoms with Gasteiger partial charge in [-0.25, -0.2) is 4.79 Å². The SMILES string of the molecule is CC(C)CC(=O)NC(C(=O)N1CCN(C(=O)NC2CCCCC2)CC1)c1ccccc1. The summed E-state index contributed by atoms with van der Waals surface area (Å²) in [6.45, 7) is 5.92. The quantitative estimate of drug-likeness (QED) is 0.731. The second-order valence-electron chi connectivity index (χ2n) is 9.11. The highest BCUT2D eigenvalue weighted by molar-refractivity contribution is 5.89. The molecule has 1 aromatic rings. The van der Waals surface area contributed by atoms with E-state index < -0.39 is 6.04 Å². The Balaban J connectivity index is 1.58. The highest BCUT2D eigenvalue weighted by Gasteiger charge is 2.31. The van der Waals surface area contributed by atoms with Crippen molar-refractivity contribution in [2.45, 2.75) is 64.5 Å². The van der Waals surface area contributed by atoms with E-state index in [0.717, 1.165) is 18.4 Å². The minimum Gasteiger partial charge on any atom is -0.341 e. The van der Waals surface area contributed by atoms with Crippen molar-refractivity contribution in [1.29, 1.82) is 0 Å². The van der Waals surface area contributed by atoms with Crippen LogP contribution in [-0.2, 0) is 9.59 Å². The number of carbonyl (C=O) groups excluding carboxylic acids is 3. The molecular weight excluding hydrogens is 392 g/mol. The molecule has 1 unspecified atom stereocenters. The van der Waals surface area contributed by atoms with Crippen molar-refractivity contribution in [3.8, 4) is 0 Å². The number of nitrogens with one attached hydrogen (secondary N) is 2. The number of carbonyl (C=O) groups is 3. The maximum atomic E-state index is 13.3. The minimum atomic E-state index is -0.699. The van der Waals surface area contributed by atoms with Gasteiger partial charge >= 0.3 is 6.03 Å². The third-order valence-corrected chi connectivity index (χ3v) is 6.09. The first-order valence-electron chi connectivity index (χ1n) is 11.6. The van der Waals surface area contributed by atoms with E-state index in [1.165, 1.54) is 19.3 Å². The zero-order valence-corrected chi connectivity index (χ0v) is 18.8. The van der Waals surface area contributed by atoms with Crippen LogP contribution >= 0.6 is 0 Å². The molecule has 2 aliphatic rings. The Morgan fingerprint density at radius 2 is 1.55 bits per heavy atom. The first-order valence-corrected chi connectivity index (χ1v) is 11.6. The van der Waals surface area contributed by atoms with E-state index >= 15 is 0 Å². The number of benzene rings is 1. The van der Waals surface area contributed by atoms with Gasteiger partial charge in [0.25, 0.3) is 0 Å². The number of piperazine rings is 1. The number of amides is 4. The molecule has 0 bridgehead atoms. The predicted octanol–water partition coefficient (Wildman–Crippen LogP) is 3.08. The summed E-state index contributed by atoms with van der Waals surface area (Å²) in [5, 5.41) is 6.08. The van der Waals surface area contributed by atoms with Crippen LogP contribution in [0.25, 0.3) is 0 Å². The Morgan fingerprint density at radius 3 is 2.16 bits per heavy atom. The lowest BCUT2D eigenvalue weighted by atomic mass is 9.96. The molecule has 31 heavy (non-hydrogen) atoms. The van der Waals surface area contributed by atoms with Crippen LogP contribution in [0.4, 0.5) is 4.79 Å². The fourth-order valence-corrected chi connectivity index (χ4v) is 4.35. The molecule has 0 radical (unpaired) electrons. The maximum Gasteiger partial charge on any atom is 0.317 e. The molecule has 3 rings (SSSR count). The van der Waals surface area contributed by atoms with Crippen LogP contribution in [-0.4, -0.2) is 59.9 Å². The third-order valence-electron chi connectivity index (χ3n) is 6.09. The largest absolute Gasteiger partial charge is 0.341 e. The molecule has 0 spiro atoms. The number of hydrogen-bond acceptors (Lipinski definition) is 3. The van der Waals surface area contributed by atoms with Crippen molar-refractivity contribution < 1.29 is 14.4 Å². The van der Waals surface area contributed by atoms with Gasteiger partial charge in [0.2, 0.25) is 11.8 Å². The van der Waals surface area contributed by atoms with Crippen molar-refractivity contribution in [3.63, 3.8) is 0 Å². The third kappa shape index (κ3) is 6.71. The predicted molar refractivity (Wildman–Crippen MR) is 120 cm³/mol. The second kappa shape index (κ2) is 11.2. The number of nitrogens with zero attached hydrogens (tertiary/aromatic N) is 2. The van der Waals surface area contributed by atoms with Crippen LogP contribution in [0.5, 0.6) is 0 Å². The molecule has 2 fully saturated rings. The van der Waals surface area contributed by atoms with E-state index in [1.807, 2.05) is 44.2 Å². The average molecular weight is 429 g/mol. The van der Waals surface area contributed by atoms with Crippen molar-refractivity contribution in [1.82, 2.24) is 20.4 Å². The molecule has 1 aliphatic carbocycles. The lowest BCUT2D eigenvalue weighted by Crippen LogP contribution is -2.56. The summed E-state index contributed by atoms with van der Waals surface area (Å²) in [7, 11) is 0. The van der Waals surface area contributed by atoms with E-state index in [1.54, 1.807) is 9.80 Å². The standard InChI is InChI=1S/C24H36N4O3/c1-18(2)17-21(29)26-22(19-9-5-3-6-10-19)23(30)27-13-15-28(16-14-27)24(31)25-20-11-7-4-8-12-20/h3,5-6,9-10,18,20,22H,4,7-8,11-17H2,1-2H3,(H,25,31)(H,26,29). The van der Waals surface area contributed by atoms with Crippen LogP contribution in [0.2, 0.25) is 0 Å². The molecule has 7 heteroatoms. The molecule has 7 nitrogen and oxygen atoms in total. The Kier molecular flexibility index (Phi) is 8.32. The lowest BCUT2D eigenvalue weighted by Gasteiger charge is -2.37. The van der Waals surface area contributed by atoms with Gasteiger partial charge in [0, 0.05) is 38.6 Å². The summed E-state index contributed by atoms with van der Waals surface area (Å²) >= 11 is 0. The first-order chi connectivity index (χ1) is 14.9. The Labute approximate surface area is 185 Å². The smallest absolute Gasteiger partial charge is 0.317 e. The van der Waals surface area contributed by atoms with Crippen LogP contribution in [0.1, 0.15) is 64.0 Å². The van der Waals surface area contributed by atoms with E-state index in [9.17, 15) is 14.4 Å². The monoisotopic (exact) mass is 428 g/mol. The van der Waals surface area contributed by atoms with Crippen molar-refractivity contribution >= 4 is 17.8 Å². The Bertz CT molecular complexity index is 738. The van der Waals surface area contributed by atoms with E-state index in [2.05, 4.69) is 10.6 Å². The molecule has 1 saturated carbocycles. The van der Waals surface area contributed by atoms with Crippen molar-refractivity contribution in [2.24, 2.45) is 5.92 Å². The van der Waals surface area contributed by atoms with E-state index in [-0.39, 0.29) is 29.8 Å². The van der Waals surface area contributed by atoms with Crippen molar-refractivity contribution in [3.05, 3.63) is 35.9 Å². The molecule has 4 amide bonds. The average Bonchev–Trinajstić information content (AvgIpc) is 2.78. The molecule has 2 N–H and O–H groups in total. The van der Waals surface area contributed by atoms with Gasteiger partial charge < -0.3 is 20.4 Å². The molecule has 0 aromatic heterocycles. The zero-order chi connectivity index (χ0) is 22.2. The van der Waals surface area contributed by atoms with Gasteiger partial charge in [-0.05, 0) is 24.3 Å². The second-order valence-corrected chi connectivity index (χ2v) is 9.11. The van der Waals surface area contributed by atoms with Gasteiger partial charge in [0.15, 0.2) is 0 Å². The fourth-order valence-electron chi connectivity index (χ4n) is 4.35. The number of hydrogen-bond donors (Lipinski definition) is 2. The highest BCUT2D eigenvalue weighted by Crippen LogP contribution is 2.20. The zero-order valence-electron chi connectivity index (χ0n) is 18.8. The highest BCUT2D eigenvalue weighted by atomic mass is 16.2. The van der Waals surface area contributed by atoms with Crippen molar-refractivity contribution in [2.75, 3.05) is 26.2 Å². The molecular formula is C24H36N4O3. The molecule has 1 aliphatic heterocycles. The molecule has 1 atom stereocenters. The van der Waals surface area contributed by atoms with Crippen LogP contribution in [0.15, 0.2) is 30.3 Å². The topological polar surface area (TPSA) is 81.8 Å². The molecule has 1 saturated heterocycles. The summed E-state index contributed by atoms with van der Waals surface area (Å²) in [5.74, 6) is -0.0175. The lowest BCUT2D eigenvalue weighted by molar-refractivity contribution is -0.138. The summed E-state index contributed by atoms with van der Waals surface area (Å²) in [5.41, 5.74) is 0.780. The van der Waals surface area contributed by atoms with Crippen LogP contribution in [0, 0.1) is 5.92 Å². The Hall–Kier alpha value is -2.57.